The van der Waals surface area contributed by atoms with Crippen molar-refractivity contribution in [1.82, 2.24) is 4.90 Å². The highest BCUT2D eigenvalue weighted by atomic mass is 35.5. The van der Waals surface area contributed by atoms with E-state index in [4.69, 9.17) is 16.9 Å². The van der Waals surface area contributed by atoms with Crippen LogP contribution in [0.4, 0.5) is 10.1 Å². The average Bonchev–Trinajstić information content (AvgIpc) is 2.58. The number of hydrogen-bond acceptors (Lipinski definition) is 3. The Bertz CT molecular complexity index is 751. The van der Waals surface area contributed by atoms with Crippen molar-refractivity contribution in [2.24, 2.45) is 0 Å². The number of nitriles is 1. The third-order valence-corrected chi connectivity index (χ3v) is 4.15. The zero-order chi connectivity index (χ0) is 17.7. The van der Waals surface area contributed by atoms with Crippen LogP contribution < -0.4 is 5.32 Å². The minimum Gasteiger partial charge on any atom is -0.325 e. The van der Waals surface area contributed by atoms with Crippen molar-refractivity contribution < 1.29 is 9.18 Å². The summed E-state index contributed by atoms with van der Waals surface area (Å²) < 4.78 is 13.9. The van der Waals surface area contributed by atoms with Crippen LogP contribution in [0, 0.1) is 17.1 Å². The molecule has 24 heavy (non-hydrogen) atoms. The summed E-state index contributed by atoms with van der Waals surface area (Å²) in [6, 6.07) is 12.6. The molecule has 2 aromatic carbocycles. The minimum absolute atomic E-state index is 0.216. The van der Waals surface area contributed by atoms with Crippen LogP contribution in [0.2, 0.25) is 5.02 Å². The summed E-state index contributed by atoms with van der Waals surface area (Å²) in [4.78, 5) is 14.0. The number of nitrogens with one attached hydrogen (secondary N) is 1. The van der Waals surface area contributed by atoms with Gasteiger partial charge in [0.1, 0.15) is 5.82 Å². The van der Waals surface area contributed by atoms with Gasteiger partial charge < -0.3 is 5.32 Å². The lowest BCUT2D eigenvalue weighted by atomic mass is 10.1. The van der Waals surface area contributed by atoms with Crippen molar-refractivity contribution >= 4 is 23.2 Å². The molecule has 2 rings (SSSR count). The van der Waals surface area contributed by atoms with Gasteiger partial charge in [0.25, 0.3) is 0 Å². The summed E-state index contributed by atoms with van der Waals surface area (Å²) in [6.45, 7) is 1.95. The average molecular weight is 346 g/mol. The molecule has 0 bridgehead atoms. The molecule has 0 spiro atoms. The maximum absolute atomic E-state index is 13.9. The van der Waals surface area contributed by atoms with Crippen LogP contribution in [0.15, 0.2) is 42.5 Å². The molecule has 0 radical (unpaired) electrons. The number of nitrogens with zero attached hydrogens (tertiary/aromatic N) is 2. The van der Waals surface area contributed by atoms with E-state index in [1.54, 1.807) is 55.3 Å². The van der Waals surface area contributed by atoms with Gasteiger partial charge in [-0.15, -0.1) is 0 Å². The Kier molecular flexibility index (Phi) is 5.91. The lowest BCUT2D eigenvalue weighted by Crippen LogP contribution is -2.39. The quantitative estimate of drug-likeness (QED) is 0.896. The molecule has 0 fully saturated rings. The van der Waals surface area contributed by atoms with E-state index in [2.05, 4.69) is 5.32 Å². The van der Waals surface area contributed by atoms with Crippen LogP contribution in [0.3, 0.4) is 0 Å². The lowest BCUT2D eigenvalue weighted by Gasteiger charge is -2.24. The van der Waals surface area contributed by atoms with Gasteiger partial charge in [-0.1, -0.05) is 17.7 Å². The van der Waals surface area contributed by atoms with E-state index in [1.165, 1.54) is 6.07 Å². The molecular formula is C18H17ClFN3O. The highest BCUT2D eigenvalue weighted by Crippen LogP contribution is 2.21. The fraction of sp³-hybridized carbons (Fsp3) is 0.222. The predicted molar refractivity (Wildman–Crippen MR) is 92.1 cm³/mol. The van der Waals surface area contributed by atoms with Gasteiger partial charge in [-0.25, -0.2) is 4.39 Å². The first-order valence-corrected chi connectivity index (χ1v) is 7.74. The van der Waals surface area contributed by atoms with Crippen molar-refractivity contribution in [2.45, 2.75) is 19.5 Å². The summed E-state index contributed by atoms with van der Waals surface area (Å²) in [5, 5.41) is 11.9. The molecular weight excluding hydrogens is 329 g/mol. The molecule has 4 nitrogen and oxygen atoms in total. The molecule has 0 aromatic heterocycles. The zero-order valence-electron chi connectivity index (χ0n) is 13.4. The van der Waals surface area contributed by atoms with Crippen molar-refractivity contribution in [3.63, 3.8) is 0 Å². The van der Waals surface area contributed by atoms with E-state index in [-0.39, 0.29) is 12.5 Å². The van der Waals surface area contributed by atoms with Crippen LogP contribution in [-0.4, -0.2) is 23.9 Å². The van der Waals surface area contributed by atoms with E-state index < -0.39 is 11.9 Å². The van der Waals surface area contributed by atoms with Gasteiger partial charge in [0, 0.05) is 22.8 Å². The molecule has 1 N–H and O–H groups in total. The number of halogens is 2. The molecule has 124 valence electrons. The Morgan fingerprint density at radius 1 is 1.33 bits per heavy atom. The fourth-order valence-electron chi connectivity index (χ4n) is 2.14. The second-order valence-corrected chi connectivity index (χ2v) is 5.88. The van der Waals surface area contributed by atoms with Gasteiger partial charge in [0.15, 0.2) is 0 Å². The molecule has 1 amide bonds. The van der Waals surface area contributed by atoms with Crippen LogP contribution in [0.25, 0.3) is 0 Å². The Morgan fingerprint density at radius 2 is 2.00 bits per heavy atom. The van der Waals surface area contributed by atoms with Crippen LogP contribution in [0.1, 0.15) is 18.1 Å². The van der Waals surface area contributed by atoms with Gasteiger partial charge >= 0.3 is 0 Å². The molecule has 0 aliphatic carbocycles. The summed E-state index contributed by atoms with van der Waals surface area (Å²) in [5.41, 5.74) is 1.48. The number of amides is 1. The third kappa shape index (κ3) is 4.31. The molecule has 2 aromatic rings. The summed E-state index contributed by atoms with van der Waals surface area (Å²) >= 11 is 6.02. The lowest BCUT2D eigenvalue weighted by molar-refractivity contribution is -0.120. The second-order valence-electron chi connectivity index (χ2n) is 5.47. The maximum Gasteiger partial charge on any atom is 0.241 e. The predicted octanol–water partition coefficient (Wildman–Crippen LogP) is 3.81. The highest BCUT2D eigenvalue weighted by molar-refractivity contribution is 6.31. The van der Waals surface area contributed by atoms with Crippen molar-refractivity contribution in [2.75, 3.05) is 12.4 Å². The first-order chi connectivity index (χ1) is 11.4. The van der Waals surface area contributed by atoms with E-state index in [9.17, 15) is 9.18 Å². The molecule has 0 aliphatic rings. The van der Waals surface area contributed by atoms with E-state index in [0.29, 0.717) is 21.8 Å². The number of benzene rings is 2. The van der Waals surface area contributed by atoms with Gasteiger partial charge in [-0.3, -0.25) is 9.69 Å². The van der Waals surface area contributed by atoms with Crippen LogP contribution >= 0.6 is 11.6 Å². The minimum atomic E-state index is -0.490. The molecule has 0 saturated heterocycles. The molecule has 0 heterocycles. The molecule has 1 atom stereocenters. The Morgan fingerprint density at radius 3 is 2.58 bits per heavy atom. The van der Waals surface area contributed by atoms with Gasteiger partial charge in [-0.05, 0) is 50.4 Å². The number of anilines is 1. The maximum atomic E-state index is 13.9. The summed E-state index contributed by atoms with van der Waals surface area (Å²) in [5.74, 6) is -0.622. The highest BCUT2D eigenvalue weighted by Gasteiger charge is 2.20. The van der Waals surface area contributed by atoms with Gasteiger partial charge in [0.05, 0.1) is 17.7 Å². The Labute approximate surface area is 145 Å². The first-order valence-electron chi connectivity index (χ1n) is 7.36. The van der Waals surface area contributed by atoms with Crippen molar-refractivity contribution in [3.8, 4) is 6.07 Å². The number of carbonyl (C=O) groups excluding carboxylic acids is 1. The van der Waals surface area contributed by atoms with Crippen molar-refractivity contribution in [3.05, 3.63) is 64.4 Å². The van der Waals surface area contributed by atoms with Crippen molar-refractivity contribution in [1.29, 1.82) is 5.26 Å². The zero-order valence-corrected chi connectivity index (χ0v) is 14.1. The van der Waals surface area contributed by atoms with Crippen LogP contribution in [-0.2, 0) is 11.3 Å². The Hall–Kier alpha value is -2.42. The first kappa shape index (κ1) is 17.9. The number of rotatable bonds is 5. The number of hydrogen-bond donors (Lipinski definition) is 1. The monoisotopic (exact) mass is 345 g/mol. The number of likely N-dealkylation sites (N-methyl/N-ethyl adjacent to an activating group) is 1. The van der Waals surface area contributed by atoms with E-state index >= 15 is 0 Å². The standard InChI is InChI=1S/C18H17ClFN3O/c1-12(18(24)22-14-8-6-13(10-21)7-9-14)23(2)11-15-16(19)4-3-5-17(15)20/h3-9,12H,11H2,1-2H3,(H,22,24). The summed E-state index contributed by atoms with van der Waals surface area (Å²) in [7, 11) is 1.73. The SMILES string of the molecule is CC(C(=O)Nc1ccc(C#N)cc1)N(C)Cc1c(F)cccc1Cl. The normalized spacial score (nSPS) is 11.8. The smallest absolute Gasteiger partial charge is 0.241 e. The van der Waals surface area contributed by atoms with Gasteiger partial charge in [0.2, 0.25) is 5.91 Å². The molecule has 0 saturated carbocycles. The number of carbonyl (C=O) groups is 1. The summed E-state index contributed by atoms with van der Waals surface area (Å²) in [6.07, 6.45) is 0. The second kappa shape index (κ2) is 7.91. The third-order valence-electron chi connectivity index (χ3n) is 3.79. The van der Waals surface area contributed by atoms with E-state index in [1.807, 2.05) is 6.07 Å². The Balaban J connectivity index is 2.02. The largest absolute Gasteiger partial charge is 0.325 e. The molecule has 6 heteroatoms. The van der Waals surface area contributed by atoms with E-state index in [0.717, 1.165) is 0 Å². The topological polar surface area (TPSA) is 56.1 Å². The fourth-order valence-corrected chi connectivity index (χ4v) is 2.37. The molecule has 0 aliphatic heterocycles. The van der Waals surface area contributed by atoms with Crippen LogP contribution in [0.5, 0.6) is 0 Å². The van der Waals surface area contributed by atoms with Gasteiger partial charge in [-0.2, -0.15) is 5.26 Å². The molecule has 1 unspecified atom stereocenters.